The first kappa shape index (κ1) is 12.7. The van der Waals surface area contributed by atoms with Gasteiger partial charge in [-0.2, -0.15) is 0 Å². The van der Waals surface area contributed by atoms with Gasteiger partial charge in [-0.25, -0.2) is 0 Å². The number of imide groups is 1. The molecule has 0 aliphatic carbocycles. The van der Waals surface area contributed by atoms with Crippen molar-refractivity contribution in [2.24, 2.45) is 11.3 Å². The summed E-state index contributed by atoms with van der Waals surface area (Å²) in [4.78, 5) is 35.1. The van der Waals surface area contributed by atoms with Crippen molar-refractivity contribution in [2.45, 2.75) is 33.6 Å². The van der Waals surface area contributed by atoms with Crippen LogP contribution in [0.5, 0.6) is 0 Å². The smallest absolute Gasteiger partial charge is 0.305 e. The quantitative estimate of drug-likeness (QED) is 0.723. The standard InChI is InChI=1S/C11H17NO4/c1-7(2)11(3)6-8(13)12(10(11)16)5-4-9(14)15/h7H,4-6H2,1-3H3,(H,14,15). The van der Waals surface area contributed by atoms with Gasteiger partial charge in [0, 0.05) is 13.0 Å². The Morgan fingerprint density at radius 2 is 2.06 bits per heavy atom. The summed E-state index contributed by atoms with van der Waals surface area (Å²) in [5.41, 5.74) is -0.671. The minimum absolute atomic E-state index is 0.0185. The van der Waals surface area contributed by atoms with Crippen LogP contribution in [0, 0.1) is 11.3 Å². The Morgan fingerprint density at radius 1 is 1.50 bits per heavy atom. The van der Waals surface area contributed by atoms with Crippen molar-refractivity contribution in [1.29, 1.82) is 0 Å². The van der Waals surface area contributed by atoms with E-state index in [2.05, 4.69) is 0 Å². The van der Waals surface area contributed by atoms with Crippen LogP contribution in [0.3, 0.4) is 0 Å². The lowest BCUT2D eigenvalue weighted by Crippen LogP contribution is -2.37. The predicted molar refractivity (Wildman–Crippen MR) is 56.5 cm³/mol. The number of carboxylic acid groups (broad SMARTS) is 1. The minimum atomic E-state index is -1.00. The fraction of sp³-hybridized carbons (Fsp3) is 0.727. The van der Waals surface area contributed by atoms with Crippen LogP contribution in [0.2, 0.25) is 0 Å². The largest absolute Gasteiger partial charge is 0.481 e. The van der Waals surface area contributed by atoms with Crippen LogP contribution < -0.4 is 0 Å². The predicted octanol–water partition coefficient (Wildman–Crippen LogP) is 0.882. The van der Waals surface area contributed by atoms with Gasteiger partial charge in [0.25, 0.3) is 0 Å². The number of rotatable bonds is 4. The first-order chi connectivity index (χ1) is 7.29. The zero-order valence-electron chi connectivity index (χ0n) is 9.82. The molecular weight excluding hydrogens is 210 g/mol. The van der Waals surface area contributed by atoms with Crippen LogP contribution in [0.25, 0.3) is 0 Å². The molecule has 0 bridgehead atoms. The molecule has 1 aliphatic heterocycles. The highest BCUT2D eigenvalue weighted by atomic mass is 16.4. The molecule has 2 amide bonds. The SMILES string of the molecule is CC(C)C1(C)CC(=O)N(CCC(=O)O)C1=O. The van der Waals surface area contributed by atoms with E-state index in [0.29, 0.717) is 0 Å². The maximum atomic E-state index is 12.0. The van der Waals surface area contributed by atoms with E-state index in [-0.39, 0.29) is 37.1 Å². The lowest BCUT2D eigenvalue weighted by Gasteiger charge is -2.25. The lowest BCUT2D eigenvalue weighted by molar-refractivity contribution is -0.143. The summed E-state index contributed by atoms with van der Waals surface area (Å²) in [5.74, 6) is -1.44. The van der Waals surface area contributed by atoms with E-state index in [0.717, 1.165) is 4.90 Å². The molecule has 0 aromatic carbocycles. The third kappa shape index (κ3) is 2.08. The molecule has 16 heavy (non-hydrogen) atoms. The van der Waals surface area contributed by atoms with Crippen LogP contribution in [0.1, 0.15) is 33.6 Å². The van der Waals surface area contributed by atoms with Crippen LogP contribution in [0.15, 0.2) is 0 Å². The molecule has 1 atom stereocenters. The summed E-state index contributed by atoms with van der Waals surface area (Å²) in [5, 5.41) is 8.54. The number of aliphatic carboxylic acids is 1. The number of amides is 2. The zero-order chi connectivity index (χ0) is 12.5. The lowest BCUT2D eigenvalue weighted by atomic mass is 9.78. The summed E-state index contributed by atoms with van der Waals surface area (Å²) in [6, 6.07) is 0. The highest BCUT2D eigenvalue weighted by molar-refractivity contribution is 6.06. The fourth-order valence-electron chi connectivity index (χ4n) is 1.79. The van der Waals surface area contributed by atoms with Crippen LogP contribution >= 0.6 is 0 Å². The summed E-state index contributed by atoms with van der Waals surface area (Å²) >= 11 is 0. The van der Waals surface area contributed by atoms with Gasteiger partial charge < -0.3 is 5.11 Å². The van der Waals surface area contributed by atoms with E-state index < -0.39 is 11.4 Å². The maximum Gasteiger partial charge on any atom is 0.305 e. The maximum absolute atomic E-state index is 12.0. The van der Waals surface area contributed by atoms with Gasteiger partial charge in [0.15, 0.2) is 0 Å². The van der Waals surface area contributed by atoms with Crippen LogP contribution in [-0.4, -0.2) is 34.3 Å². The Labute approximate surface area is 94.4 Å². The summed E-state index contributed by atoms with van der Waals surface area (Å²) in [7, 11) is 0. The molecule has 0 saturated carbocycles. The molecule has 0 aromatic heterocycles. The first-order valence-corrected chi connectivity index (χ1v) is 5.35. The second-order valence-corrected chi connectivity index (χ2v) is 4.74. The van der Waals surface area contributed by atoms with E-state index >= 15 is 0 Å². The van der Waals surface area contributed by atoms with Gasteiger partial charge >= 0.3 is 5.97 Å². The zero-order valence-corrected chi connectivity index (χ0v) is 9.82. The fourth-order valence-corrected chi connectivity index (χ4v) is 1.79. The molecule has 1 rings (SSSR count). The average molecular weight is 227 g/mol. The van der Waals surface area contributed by atoms with Crippen molar-refractivity contribution < 1.29 is 19.5 Å². The average Bonchev–Trinajstić information content (AvgIpc) is 2.37. The molecule has 1 N–H and O–H groups in total. The van der Waals surface area contributed by atoms with E-state index in [4.69, 9.17) is 5.11 Å². The molecular formula is C11H17NO4. The van der Waals surface area contributed by atoms with Crippen molar-refractivity contribution >= 4 is 17.8 Å². The Kier molecular flexibility index (Phi) is 3.35. The first-order valence-electron chi connectivity index (χ1n) is 5.35. The Hall–Kier alpha value is -1.39. The summed E-state index contributed by atoms with van der Waals surface area (Å²) in [6.07, 6.45) is -0.00518. The number of carboxylic acids is 1. The molecule has 1 heterocycles. The minimum Gasteiger partial charge on any atom is -0.481 e. The Balaban J connectivity index is 2.79. The van der Waals surface area contributed by atoms with Gasteiger partial charge in [-0.1, -0.05) is 13.8 Å². The molecule has 0 spiro atoms. The van der Waals surface area contributed by atoms with Gasteiger partial charge in [0.05, 0.1) is 11.8 Å². The topological polar surface area (TPSA) is 74.7 Å². The van der Waals surface area contributed by atoms with E-state index in [1.54, 1.807) is 6.92 Å². The second kappa shape index (κ2) is 4.23. The monoisotopic (exact) mass is 227 g/mol. The number of hydrogen-bond donors (Lipinski definition) is 1. The Bertz CT molecular complexity index is 337. The molecule has 5 heteroatoms. The number of carbonyl (C=O) groups is 3. The third-order valence-electron chi connectivity index (χ3n) is 3.38. The second-order valence-electron chi connectivity index (χ2n) is 4.74. The molecule has 0 aromatic rings. The Morgan fingerprint density at radius 3 is 2.44 bits per heavy atom. The van der Waals surface area contributed by atoms with Gasteiger partial charge in [0.1, 0.15) is 0 Å². The number of carbonyl (C=O) groups excluding carboxylic acids is 2. The summed E-state index contributed by atoms with van der Waals surface area (Å²) in [6.45, 7) is 5.53. The normalized spacial score (nSPS) is 25.6. The number of hydrogen-bond acceptors (Lipinski definition) is 3. The number of likely N-dealkylation sites (tertiary alicyclic amines) is 1. The van der Waals surface area contributed by atoms with Gasteiger partial charge in [-0.15, -0.1) is 0 Å². The molecule has 5 nitrogen and oxygen atoms in total. The third-order valence-corrected chi connectivity index (χ3v) is 3.38. The van der Waals surface area contributed by atoms with E-state index in [9.17, 15) is 14.4 Å². The molecule has 1 saturated heterocycles. The van der Waals surface area contributed by atoms with Gasteiger partial charge in [0.2, 0.25) is 11.8 Å². The molecule has 1 unspecified atom stereocenters. The van der Waals surface area contributed by atoms with Crippen LogP contribution in [0.4, 0.5) is 0 Å². The van der Waals surface area contributed by atoms with Crippen molar-refractivity contribution in [1.82, 2.24) is 4.90 Å². The van der Waals surface area contributed by atoms with Crippen molar-refractivity contribution in [3.63, 3.8) is 0 Å². The van der Waals surface area contributed by atoms with E-state index in [1.165, 1.54) is 0 Å². The number of nitrogens with zero attached hydrogens (tertiary/aromatic N) is 1. The van der Waals surface area contributed by atoms with Crippen molar-refractivity contribution in [3.05, 3.63) is 0 Å². The molecule has 0 radical (unpaired) electrons. The van der Waals surface area contributed by atoms with Crippen LogP contribution in [-0.2, 0) is 14.4 Å². The van der Waals surface area contributed by atoms with Crippen molar-refractivity contribution in [2.75, 3.05) is 6.54 Å². The van der Waals surface area contributed by atoms with Crippen molar-refractivity contribution in [3.8, 4) is 0 Å². The summed E-state index contributed by atoms with van der Waals surface area (Å²) < 4.78 is 0. The highest BCUT2D eigenvalue weighted by Crippen LogP contribution is 2.39. The highest BCUT2D eigenvalue weighted by Gasteiger charge is 2.49. The van der Waals surface area contributed by atoms with Gasteiger partial charge in [-0.05, 0) is 12.8 Å². The molecule has 1 fully saturated rings. The molecule has 90 valence electrons. The van der Waals surface area contributed by atoms with Gasteiger partial charge in [-0.3, -0.25) is 19.3 Å². The molecule has 1 aliphatic rings. The van der Waals surface area contributed by atoms with E-state index in [1.807, 2.05) is 13.8 Å².